The summed E-state index contributed by atoms with van der Waals surface area (Å²) in [5.41, 5.74) is -1.03. The van der Waals surface area contributed by atoms with Crippen molar-refractivity contribution in [3.63, 3.8) is 0 Å². The lowest BCUT2D eigenvalue weighted by atomic mass is 9.72. The summed E-state index contributed by atoms with van der Waals surface area (Å²) < 4.78 is 85.8. The van der Waals surface area contributed by atoms with Gasteiger partial charge in [-0.2, -0.15) is 26.3 Å². The van der Waals surface area contributed by atoms with Crippen molar-refractivity contribution in [2.75, 3.05) is 0 Å². The molecule has 0 saturated heterocycles. The molecule has 29 heavy (non-hydrogen) atoms. The second-order valence-corrected chi connectivity index (χ2v) is 7.96. The van der Waals surface area contributed by atoms with E-state index in [4.69, 9.17) is 4.74 Å². The van der Waals surface area contributed by atoms with Gasteiger partial charge in [0.05, 0.1) is 5.92 Å². The van der Waals surface area contributed by atoms with E-state index in [0.717, 1.165) is 0 Å². The van der Waals surface area contributed by atoms with E-state index in [1.807, 2.05) is 0 Å². The summed E-state index contributed by atoms with van der Waals surface area (Å²) in [4.78, 5) is 36.8. The van der Waals surface area contributed by atoms with Crippen LogP contribution in [-0.4, -0.2) is 42.3 Å². The van der Waals surface area contributed by atoms with Gasteiger partial charge in [0.1, 0.15) is 11.9 Å². The molecule has 1 spiro atoms. The van der Waals surface area contributed by atoms with Crippen molar-refractivity contribution >= 4 is 17.7 Å². The van der Waals surface area contributed by atoms with Crippen LogP contribution < -0.4 is 0 Å². The van der Waals surface area contributed by atoms with Crippen molar-refractivity contribution in [2.24, 2.45) is 23.2 Å². The van der Waals surface area contributed by atoms with Crippen molar-refractivity contribution in [1.82, 2.24) is 0 Å². The summed E-state index contributed by atoms with van der Waals surface area (Å²) in [6.45, 7) is 4.79. The molecule has 4 atom stereocenters. The average Bonchev–Trinajstić information content (AvgIpc) is 3.30. The first-order valence-corrected chi connectivity index (χ1v) is 8.92. The Bertz CT molecular complexity index is 737. The molecular weight excluding hydrogens is 410 g/mol. The van der Waals surface area contributed by atoms with Crippen molar-refractivity contribution in [1.29, 1.82) is 0 Å². The number of carbonyl (C=O) groups is 3. The van der Waals surface area contributed by atoms with Crippen LogP contribution in [0.1, 0.15) is 32.6 Å². The highest BCUT2D eigenvalue weighted by Gasteiger charge is 2.70. The van der Waals surface area contributed by atoms with Crippen molar-refractivity contribution in [3.05, 3.63) is 12.2 Å². The molecule has 162 valence electrons. The number of esters is 2. The highest BCUT2D eigenvalue weighted by molar-refractivity contribution is 5.92. The smallest absolute Gasteiger partial charge is 0.434 e. The number of fused-ring (bicyclic) bond motifs is 3. The zero-order valence-corrected chi connectivity index (χ0v) is 15.2. The Hall–Kier alpha value is -2.07. The van der Waals surface area contributed by atoms with Crippen molar-refractivity contribution in [2.45, 2.75) is 57.2 Å². The number of carbonyl (C=O) groups excluding carboxylic acids is 3. The van der Waals surface area contributed by atoms with Gasteiger partial charge in [-0.05, 0) is 26.2 Å². The maximum Gasteiger partial charge on any atom is 0.434 e. The predicted octanol–water partition coefficient (Wildman–Crippen LogP) is 3.52. The van der Waals surface area contributed by atoms with Gasteiger partial charge in [-0.1, -0.05) is 6.58 Å². The van der Waals surface area contributed by atoms with Gasteiger partial charge in [0.25, 0.3) is 6.10 Å². The van der Waals surface area contributed by atoms with Gasteiger partial charge in [-0.3, -0.25) is 9.59 Å². The summed E-state index contributed by atoms with van der Waals surface area (Å²) in [5.74, 6) is -5.78. The fourth-order valence-corrected chi connectivity index (χ4v) is 4.56. The summed E-state index contributed by atoms with van der Waals surface area (Å²) in [6, 6.07) is 0. The highest BCUT2D eigenvalue weighted by atomic mass is 19.4. The Morgan fingerprint density at radius 1 is 1.14 bits per heavy atom. The molecule has 3 aliphatic carbocycles. The molecule has 0 aromatic heterocycles. The van der Waals surface area contributed by atoms with Gasteiger partial charge < -0.3 is 9.47 Å². The molecule has 3 fully saturated rings. The minimum absolute atomic E-state index is 0.0412. The number of hydrogen-bond acceptors (Lipinski definition) is 5. The largest absolute Gasteiger partial charge is 0.458 e. The molecule has 0 N–H and O–H groups in total. The second kappa shape index (κ2) is 6.73. The lowest BCUT2D eigenvalue weighted by Crippen LogP contribution is -2.48. The van der Waals surface area contributed by atoms with Crippen LogP contribution in [0.5, 0.6) is 0 Å². The zero-order chi connectivity index (χ0) is 21.9. The van der Waals surface area contributed by atoms with Gasteiger partial charge in [-0.25, -0.2) is 4.79 Å². The first-order valence-electron chi connectivity index (χ1n) is 8.92. The SMILES string of the molecule is C=C(C)C(=O)OC1C2CC(=O)C3(CC3)C1C(C(=O)OC(C(F)(F)F)C(F)(F)F)C2. The Labute approximate surface area is 161 Å². The molecule has 0 heterocycles. The minimum atomic E-state index is -5.83. The molecule has 2 bridgehead atoms. The average molecular weight is 428 g/mol. The number of ether oxygens (including phenoxy) is 2. The van der Waals surface area contributed by atoms with Gasteiger partial charge in [0.2, 0.25) is 0 Å². The Balaban J connectivity index is 1.87. The third-order valence-electron chi connectivity index (χ3n) is 5.96. The van der Waals surface area contributed by atoms with Crippen LogP contribution in [0.15, 0.2) is 12.2 Å². The molecule has 0 aromatic carbocycles. The van der Waals surface area contributed by atoms with Gasteiger partial charge in [0.15, 0.2) is 0 Å². The van der Waals surface area contributed by atoms with Crippen LogP contribution in [0.4, 0.5) is 26.3 Å². The summed E-state index contributed by atoms with van der Waals surface area (Å²) in [7, 11) is 0. The van der Waals surface area contributed by atoms with Crippen LogP contribution in [0.2, 0.25) is 0 Å². The number of halogens is 6. The Morgan fingerprint density at radius 2 is 1.69 bits per heavy atom. The number of hydrogen-bond donors (Lipinski definition) is 0. The Kier molecular flexibility index (Phi) is 5.02. The molecule has 4 unspecified atom stereocenters. The zero-order valence-electron chi connectivity index (χ0n) is 15.2. The number of rotatable bonds is 4. The van der Waals surface area contributed by atoms with E-state index in [-0.39, 0.29) is 24.2 Å². The molecule has 0 amide bonds. The molecule has 0 aliphatic heterocycles. The first-order chi connectivity index (χ1) is 13.2. The first kappa shape index (κ1) is 21.6. The fourth-order valence-electron chi connectivity index (χ4n) is 4.56. The lowest BCUT2D eigenvalue weighted by Gasteiger charge is -2.36. The number of ketones is 1. The third kappa shape index (κ3) is 3.75. The predicted molar refractivity (Wildman–Crippen MR) is 83.1 cm³/mol. The van der Waals surface area contributed by atoms with Crippen LogP contribution in [0.3, 0.4) is 0 Å². The standard InChI is InChI=1S/C18H18F6O5/c1-7(2)13(26)28-12-8-5-9(11(12)16(3-4-16)10(25)6-8)14(27)29-15(17(19,20)21)18(22,23)24/h8-9,11-12,15H,1,3-6H2,2H3. The fraction of sp³-hybridized carbons (Fsp3) is 0.722. The highest BCUT2D eigenvalue weighted by Crippen LogP contribution is 2.66. The molecule has 5 nitrogen and oxygen atoms in total. The van der Waals surface area contributed by atoms with Crippen molar-refractivity contribution < 1.29 is 50.2 Å². The van der Waals surface area contributed by atoms with Gasteiger partial charge in [0, 0.05) is 29.2 Å². The monoisotopic (exact) mass is 428 g/mol. The maximum absolute atomic E-state index is 12.8. The van der Waals surface area contributed by atoms with E-state index in [0.29, 0.717) is 12.8 Å². The van der Waals surface area contributed by atoms with Crippen molar-refractivity contribution in [3.8, 4) is 0 Å². The van der Waals surface area contributed by atoms with Gasteiger partial charge in [-0.15, -0.1) is 0 Å². The Morgan fingerprint density at radius 3 is 2.14 bits per heavy atom. The topological polar surface area (TPSA) is 69.7 Å². The summed E-state index contributed by atoms with van der Waals surface area (Å²) in [6.07, 6.45) is -16.5. The van der Waals surface area contributed by atoms with Crippen LogP contribution in [0.25, 0.3) is 0 Å². The summed E-state index contributed by atoms with van der Waals surface area (Å²) in [5, 5.41) is 0. The van der Waals surface area contributed by atoms with Gasteiger partial charge >= 0.3 is 24.3 Å². The molecule has 0 radical (unpaired) electrons. The summed E-state index contributed by atoms with van der Waals surface area (Å²) >= 11 is 0. The molecule has 3 rings (SSSR count). The molecule has 11 heteroatoms. The van der Waals surface area contributed by atoms with Crippen LogP contribution in [0, 0.1) is 23.2 Å². The van der Waals surface area contributed by atoms with Crippen LogP contribution in [-0.2, 0) is 23.9 Å². The molecule has 0 aromatic rings. The molecular formula is C18H18F6O5. The number of alkyl halides is 6. The van der Waals surface area contributed by atoms with E-state index in [1.54, 1.807) is 0 Å². The number of Topliss-reactive ketones (excluding diaryl/α,β-unsaturated/α-hetero) is 1. The second-order valence-electron chi connectivity index (χ2n) is 7.96. The molecule has 3 aliphatic rings. The van der Waals surface area contributed by atoms with E-state index in [1.165, 1.54) is 6.92 Å². The third-order valence-corrected chi connectivity index (χ3v) is 5.96. The van der Waals surface area contributed by atoms with E-state index < -0.39 is 59.7 Å². The maximum atomic E-state index is 12.8. The minimum Gasteiger partial charge on any atom is -0.458 e. The van der Waals surface area contributed by atoms with E-state index in [9.17, 15) is 40.7 Å². The lowest BCUT2D eigenvalue weighted by molar-refractivity contribution is -0.314. The normalized spacial score (nSPS) is 30.4. The van der Waals surface area contributed by atoms with E-state index in [2.05, 4.69) is 11.3 Å². The molecule has 3 saturated carbocycles. The van der Waals surface area contributed by atoms with Crippen LogP contribution >= 0.6 is 0 Å². The quantitative estimate of drug-likeness (QED) is 0.389. The van der Waals surface area contributed by atoms with E-state index >= 15 is 0 Å².